The third kappa shape index (κ3) is 2.78. The molecular weight excluding hydrogens is 294 g/mol. The zero-order chi connectivity index (χ0) is 13.9. The maximum Gasteiger partial charge on any atom is 0.0766 e. The molecule has 0 fully saturated rings. The standard InChI is InChI=1S/C13H24BrN3O/c1-5-10-12(14)11(17(4)16-10)6-13(7-15,8-18)9(2)3/h9,18H,5-8,15H2,1-4H3. The van der Waals surface area contributed by atoms with Crippen LogP contribution in [0.15, 0.2) is 4.47 Å². The fourth-order valence-corrected chi connectivity index (χ4v) is 2.92. The molecule has 0 spiro atoms. The van der Waals surface area contributed by atoms with Crippen LogP contribution in [0.5, 0.6) is 0 Å². The molecule has 0 radical (unpaired) electrons. The number of aryl methyl sites for hydroxylation is 2. The molecule has 1 rings (SSSR count). The zero-order valence-electron chi connectivity index (χ0n) is 11.7. The normalized spacial score (nSPS) is 15.1. The predicted octanol–water partition coefficient (Wildman–Crippen LogP) is 1.88. The lowest BCUT2D eigenvalue weighted by Gasteiger charge is -2.34. The molecule has 1 heterocycles. The second-order valence-electron chi connectivity index (χ2n) is 5.24. The molecule has 5 heteroatoms. The number of halogens is 1. The number of aliphatic hydroxyl groups excluding tert-OH is 1. The van der Waals surface area contributed by atoms with E-state index < -0.39 is 0 Å². The number of nitrogens with two attached hydrogens (primary N) is 1. The lowest BCUT2D eigenvalue weighted by Crippen LogP contribution is -2.41. The van der Waals surface area contributed by atoms with Crippen molar-refractivity contribution in [2.24, 2.45) is 24.1 Å². The van der Waals surface area contributed by atoms with Gasteiger partial charge in [0.05, 0.1) is 22.5 Å². The topological polar surface area (TPSA) is 64.1 Å². The monoisotopic (exact) mass is 317 g/mol. The predicted molar refractivity (Wildman–Crippen MR) is 77.4 cm³/mol. The summed E-state index contributed by atoms with van der Waals surface area (Å²) in [5.74, 6) is 0.319. The fourth-order valence-electron chi connectivity index (χ4n) is 2.16. The van der Waals surface area contributed by atoms with Gasteiger partial charge in [-0.1, -0.05) is 20.8 Å². The second-order valence-corrected chi connectivity index (χ2v) is 6.03. The van der Waals surface area contributed by atoms with E-state index in [1.54, 1.807) is 0 Å². The van der Waals surface area contributed by atoms with Gasteiger partial charge in [0.25, 0.3) is 0 Å². The van der Waals surface area contributed by atoms with Crippen molar-refractivity contribution >= 4 is 15.9 Å². The maximum atomic E-state index is 9.73. The molecule has 0 saturated heterocycles. The van der Waals surface area contributed by atoms with Crippen molar-refractivity contribution in [3.8, 4) is 0 Å². The smallest absolute Gasteiger partial charge is 0.0766 e. The molecule has 3 N–H and O–H groups in total. The van der Waals surface area contributed by atoms with E-state index in [0.717, 1.165) is 28.7 Å². The highest BCUT2D eigenvalue weighted by atomic mass is 79.9. The van der Waals surface area contributed by atoms with E-state index in [4.69, 9.17) is 5.73 Å². The molecule has 0 amide bonds. The average molecular weight is 318 g/mol. The second kappa shape index (κ2) is 6.17. The molecule has 1 unspecified atom stereocenters. The van der Waals surface area contributed by atoms with Crippen molar-refractivity contribution in [1.29, 1.82) is 0 Å². The Morgan fingerprint density at radius 1 is 1.50 bits per heavy atom. The molecule has 0 aliphatic heterocycles. The molecule has 4 nitrogen and oxygen atoms in total. The highest BCUT2D eigenvalue weighted by Gasteiger charge is 2.34. The molecule has 0 bridgehead atoms. The SMILES string of the molecule is CCc1nn(C)c(CC(CN)(CO)C(C)C)c1Br. The van der Waals surface area contributed by atoms with Crippen LogP contribution in [-0.4, -0.2) is 28.0 Å². The van der Waals surface area contributed by atoms with Gasteiger partial charge in [-0.05, 0) is 34.7 Å². The quantitative estimate of drug-likeness (QED) is 0.842. The zero-order valence-corrected chi connectivity index (χ0v) is 13.3. The van der Waals surface area contributed by atoms with Crippen molar-refractivity contribution in [2.45, 2.75) is 33.6 Å². The number of rotatable bonds is 6. The Morgan fingerprint density at radius 2 is 2.11 bits per heavy atom. The van der Waals surface area contributed by atoms with Gasteiger partial charge in [0.1, 0.15) is 0 Å². The van der Waals surface area contributed by atoms with E-state index in [9.17, 15) is 5.11 Å². The van der Waals surface area contributed by atoms with Crippen LogP contribution in [0.25, 0.3) is 0 Å². The van der Waals surface area contributed by atoms with Gasteiger partial charge in [-0.25, -0.2) is 0 Å². The highest BCUT2D eigenvalue weighted by molar-refractivity contribution is 9.10. The Morgan fingerprint density at radius 3 is 2.44 bits per heavy atom. The van der Waals surface area contributed by atoms with Gasteiger partial charge < -0.3 is 10.8 Å². The molecule has 0 aliphatic rings. The number of hydrogen-bond donors (Lipinski definition) is 2. The molecule has 0 aliphatic carbocycles. The molecular formula is C13H24BrN3O. The molecule has 0 saturated carbocycles. The van der Waals surface area contributed by atoms with Crippen molar-refractivity contribution in [3.63, 3.8) is 0 Å². The van der Waals surface area contributed by atoms with Crippen molar-refractivity contribution in [1.82, 2.24) is 9.78 Å². The minimum absolute atomic E-state index is 0.0975. The summed E-state index contributed by atoms with van der Waals surface area (Å²) in [6, 6.07) is 0. The van der Waals surface area contributed by atoms with E-state index in [0.29, 0.717) is 12.5 Å². The van der Waals surface area contributed by atoms with E-state index in [1.807, 2.05) is 11.7 Å². The fraction of sp³-hybridized carbons (Fsp3) is 0.769. The van der Waals surface area contributed by atoms with Gasteiger partial charge in [-0.2, -0.15) is 5.10 Å². The Labute approximate surface area is 118 Å². The number of aromatic nitrogens is 2. The Kier molecular flexibility index (Phi) is 5.37. The van der Waals surface area contributed by atoms with Crippen LogP contribution in [-0.2, 0) is 19.9 Å². The molecule has 0 aromatic carbocycles. The van der Waals surface area contributed by atoms with Gasteiger partial charge in [-0.15, -0.1) is 0 Å². The first-order valence-electron chi connectivity index (χ1n) is 6.43. The van der Waals surface area contributed by atoms with Gasteiger partial charge in [0, 0.05) is 19.0 Å². The lowest BCUT2D eigenvalue weighted by molar-refractivity contribution is 0.0822. The highest BCUT2D eigenvalue weighted by Crippen LogP contribution is 2.34. The van der Waals surface area contributed by atoms with E-state index in [-0.39, 0.29) is 12.0 Å². The van der Waals surface area contributed by atoms with Gasteiger partial charge >= 0.3 is 0 Å². The third-order valence-corrected chi connectivity index (χ3v) is 4.88. The molecule has 1 aromatic heterocycles. The first-order valence-corrected chi connectivity index (χ1v) is 7.22. The average Bonchev–Trinajstić information content (AvgIpc) is 2.62. The summed E-state index contributed by atoms with van der Waals surface area (Å²) in [6.07, 6.45) is 1.63. The molecule has 1 aromatic rings. The first-order chi connectivity index (χ1) is 8.41. The Balaban J connectivity index is 3.12. The van der Waals surface area contributed by atoms with E-state index in [1.165, 1.54) is 0 Å². The minimum atomic E-state index is -0.276. The summed E-state index contributed by atoms with van der Waals surface area (Å²) in [5.41, 5.74) is 7.79. The van der Waals surface area contributed by atoms with Crippen LogP contribution in [0, 0.1) is 11.3 Å². The lowest BCUT2D eigenvalue weighted by atomic mass is 9.74. The van der Waals surface area contributed by atoms with Gasteiger partial charge in [0.2, 0.25) is 0 Å². The van der Waals surface area contributed by atoms with Crippen molar-refractivity contribution in [2.75, 3.05) is 13.2 Å². The summed E-state index contributed by atoms with van der Waals surface area (Å²) in [6.45, 7) is 6.87. The van der Waals surface area contributed by atoms with Crippen LogP contribution >= 0.6 is 15.9 Å². The van der Waals surface area contributed by atoms with Gasteiger partial charge in [-0.3, -0.25) is 4.68 Å². The molecule has 18 heavy (non-hydrogen) atoms. The van der Waals surface area contributed by atoms with Crippen LogP contribution in [0.2, 0.25) is 0 Å². The Hall–Kier alpha value is -0.390. The van der Waals surface area contributed by atoms with Crippen LogP contribution in [0.3, 0.4) is 0 Å². The summed E-state index contributed by atoms with van der Waals surface area (Å²) in [4.78, 5) is 0. The van der Waals surface area contributed by atoms with E-state index in [2.05, 4.69) is 41.8 Å². The summed E-state index contributed by atoms with van der Waals surface area (Å²) in [7, 11) is 1.94. The van der Waals surface area contributed by atoms with Crippen molar-refractivity contribution < 1.29 is 5.11 Å². The van der Waals surface area contributed by atoms with Crippen LogP contribution in [0.1, 0.15) is 32.2 Å². The van der Waals surface area contributed by atoms with Crippen molar-refractivity contribution in [3.05, 3.63) is 15.9 Å². The third-order valence-electron chi connectivity index (χ3n) is 3.97. The summed E-state index contributed by atoms with van der Waals surface area (Å²) < 4.78 is 2.95. The minimum Gasteiger partial charge on any atom is -0.396 e. The maximum absolute atomic E-state index is 9.73. The number of hydrogen-bond acceptors (Lipinski definition) is 3. The van der Waals surface area contributed by atoms with Crippen LogP contribution in [0.4, 0.5) is 0 Å². The van der Waals surface area contributed by atoms with E-state index >= 15 is 0 Å². The largest absolute Gasteiger partial charge is 0.396 e. The number of nitrogens with zero attached hydrogens (tertiary/aromatic N) is 2. The summed E-state index contributed by atoms with van der Waals surface area (Å²) in [5, 5.41) is 14.2. The molecule has 104 valence electrons. The Bertz CT molecular complexity index is 397. The van der Waals surface area contributed by atoms with Gasteiger partial charge in [0.15, 0.2) is 0 Å². The van der Waals surface area contributed by atoms with Crippen LogP contribution < -0.4 is 5.73 Å². The first kappa shape index (κ1) is 15.7. The molecule has 1 atom stereocenters. The number of aliphatic hydroxyl groups is 1. The summed E-state index contributed by atoms with van der Waals surface area (Å²) >= 11 is 3.62.